The van der Waals surface area contributed by atoms with E-state index < -0.39 is 22.8 Å². The van der Waals surface area contributed by atoms with Gasteiger partial charge < -0.3 is 18.3 Å². The van der Waals surface area contributed by atoms with Crippen molar-refractivity contribution in [3.63, 3.8) is 0 Å². The first-order valence-electron chi connectivity index (χ1n) is 22.6. The minimum Gasteiger partial charge on any atom is -0.491 e. The summed E-state index contributed by atoms with van der Waals surface area (Å²) >= 11 is 0. The normalized spacial score (nSPS) is 20.5. The highest BCUT2D eigenvalue weighted by atomic mass is 28.4. The number of allylic oxidation sites excluding steroid dienone is 1. The number of fused-ring (bicyclic) bond motifs is 1. The van der Waals surface area contributed by atoms with Crippen molar-refractivity contribution in [2.75, 3.05) is 7.11 Å². The van der Waals surface area contributed by atoms with Crippen LogP contribution in [0.25, 0.3) is 0 Å². The van der Waals surface area contributed by atoms with Crippen molar-refractivity contribution in [2.24, 2.45) is 11.8 Å². The Morgan fingerprint density at radius 3 is 1.69 bits per heavy atom. The molecule has 4 aromatic carbocycles. The van der Waals surface area contributed by atoms with Gasteiger partial charge in [0.25, 0.3) is 16.6 Å². The summed E-state index contributed by atoms with van der Waals surface area (Å²) in [4.78, 5) is 11.8. The summed E-state index contributed by atoms with van der Waals surface area (Å²) in [5.41, 5.74) is 0. The Bertz CT molecular complexity index is 1950. The van der Waals surface area contributed by atoms with Crippen LogP contribution in [0.5, 0.6) is 0 Å². The molecule has 6 atom stereocenters. The van der Waals surface area contributed by atoms with E-state index in [2.05, 4.69) is 182 Å². The van der Waals surface area contributed by atoms with Gasteiger partial charge in [-0.15, -0.1) is 0 Å². The average molecular weight is 861 g/mol. The zero-order valence-electron chi connectivity index (χ0n) is 37.8. The van der Waals surface area contributed by atoms with Gasteiger partial charge in [0.15, 0.2) is 6.17 Å². The van der Waals surface area contributed by atoms with E-state index in [0.29, 0.717) is 18.6 Å². The van der Waals surface area contributed by atoms with Crippen LogP contribution in [0.4, 0.5) is 4.39 Å². The number of halogens is 1. The van der Waals surface area contributed by atoms with Gasteiger partial charge in [0.1, 0.15) is 11.9 Å². The predicted octanol–water partition coefficient (Wildman–Crippen LogP) is 10.6. The van der Waals surface area contributed by atoms with E-state index >= 15 is 4.39 Å². The quantitative estimate of drug-likeness (QED) is 0.0407. The zero-order valence-corrected chi connectivity index (χ0v) is 39.8. The molecular weight excluding hydrogens is 792 g/mol. The highest BCUT2D eigenvalue weighted by molar-refractivity contribution is 7.00. The highest BCUT2D eigenvalue weighted by Crippen LogP contribution is 2.48. The topological polar surface area (TPSA) is 54.0 Å². The van der Waals surface area contributed by atoms with Crippen molar-refractivity contribution in [1.82, 2.24) is 0 Å². The van der Waals surface area contributed by atoms with Gasteiger partial charge in [0.05, 0.1) is 19.3 Å². The Balaban J connectivity index is 1.45. The first-order valence-corrected chi connectivity index (χ1v) is 26.4. The van der Waals surface area contributed by atoms with Gasteiger partial charge in [0.2, 0.25) is 0 Å². The molecule has 326 valence electrons. The molecule has 0 spiro atoms. The lowest BCUT2D eigenvalue weighted by atomic mass is 9.92. The number of rotatable bonds is 19. The zero-order chi connectivity index (χ0) is 43.7. The molecule has 8 heteroatoms. The third kappa shape index (κ3) is 10.3. The lowest BCUT2D eigenvalue weighted by Gasteiger charge is -2.46. The molecule has 6 rings (SSSR count). The predicted molar refractivity (Wildman–Crippen MR) is 254 cm³/mol. The molecule has 0 saturated heterocycles. The monoisotopic (exact) mass is 860 g/mol. The fourth-order valence-corrected chi connectivity index (χ4v) is 19.3. The van der Waals surface area contributed by atoms with E-state index in [1.165, 1.54) is 27.9 Å². The number of alkyl halides is 1. The molecule has 1 fully saturated rings. The molecule has 0 radical (unpaired) electrons. The lowest BCUT2D eigenvalue weighted by Crippen LogP contribution is -2.68. The molecular formula is C53H69FO5Si2. The number of unbranched alkanes of at least 4 members (excludes halogenated alkanes) is 2. The Hall–Kier alpha value is -4.09. The van der Waals surface area contributed by atoms with E-state index in [4.69, 9.17) is 18.3 Å². The van der Waals surface area contributed by atoms with Crippen molar-refractivity contribution >= 4 is 43.4 Å². The van der Waals surface area contributed by atoms with Gasteiger partial charge in [-0.1, -0.05) is 201 Å². The maximum absolute atomic E-state index is 16.0. The molecule has 5 nitrogen and oxygen atoms in total. The van der Waals surface area contributed by atoms with Crippen molar-refractivity contribution in [2.45, 2.75) is 134 Å². The van der Waals surface area contributed by atoms with Gasteiger partial charge in [0, 0.05) is 24.7 Å². The van der Waals surface area contributed by atoms with E-state index in [-0.39, 0.29) is 59.0 Å². The third-order valence-electron chi connectivity index (χ3n) is 12.9. The van der Waals surface area contributed by atoms with E-state index in [1.54, 1.807) is 0 Å². The number of methoxy groups -OCH3 is 1. The summed E-state index contributed by atoms with van der Waals surface area (Å²) in [6.07, 6.45) is 10.4. The highest BCUT2D eigenvalue weighted by Gasteiger charge is 2.56. The molecule has 2 aliphatic rings. The second-order valence-corrected chi connectivity index (χ2v) is 27.6. The summed E-state index contributed by atoms with van der Waals surface area (Å²) in [5, 5.41) is 4.58. The standard InChI is InChI=1S/C53H69FO5Si2/c1-9-10-15-25-40(58-60(52(2,3)4,41-26-16-11-17-27-41)42-28-18-12-19-29-42)36-37-45-46-38-50(47(54)34-24-35-51(55)56-8)57-48(46)39-49(45)59-61(53(5,6)7,43-30-20-13-21-31-43)44-32-22-14-23-33-44/h11-14,16-23,26-33,36-38,40,45-49H,9-10,15,24-25,34-35,39H2,1-8H3/b37-36+/t40-,45+,46+,47-,48-,49+/m0/s1. The fourth-order valence-electron chi connectivity index (χ4n) is 9.89. The molecule has 61 heavy (non-hydrogen) atoms. The van der Waals surface area contributed by atoms with Crippen LogP contribution < -0.4 is 20.7 Å². The molecule has 0 N–H and O–H groups in total. The van der Waals surface area contributed by atoms with Crippen LogP contribution in [0.15, 0.2) is 145 Å². The Morgan fingerprint density at radius 2 is 1.23 bits per heavy atom. The van der Waals surface area contributed by atoms with Gasteiger partial charge in [-0.25, -0.2) is 4.39 Å². The van der Waals surface area contributed by atoms with Gasteiger partial charge in [-0.05, 0) is 56.2 Å². The molecule has 4 aromatic rings. The number of benzene rings is 4. The second kappa shape index (κ2) is 20.4. The van der Waals surface area contributed by atoms with Gasteiger partial charge >= 0.3 is 5.97 Å². The number of esters is 1. The summed E-state index contributed by atoms with van der Waals surface area (Å²) in [6, 6.07) is 43.4. The minimum atomic E-state index is -2.96. The van der Waals surface area contributed by atoms with E-state index in [1.807, 2.05) is 6.08 Å². The summed E-state index contributed by atoms with van der Waals surface area (Å²) in [5.74, 6) is -0.127. The van der Waals surface area contributed by atoms with Crippen LogP contribution in [0, 0.1) is 11.8 Å². The molecule has 1 saturated carbocycles. The van der Waals surface area contributed by atoms with Gasteiger partial charge in [-0.3, -0.25) is 4.79 Å². The van der Waals surface area contributed by atoms with E-state index in [0.717, 1.165) is 25.7 Å². The van der Waals surface area contributed by atoms with Crippen molar-refractivity contribution in [1.29, 1.82) is 0 Å². The van der Waals surface area contributed by atoms with E-state index in [9.17, 15) is 4.79 Å². The largest absolute Gasteiger partial charge is 0.491 e. The first kappa shape index (κ1) is 46.4. The molecule has 0 aromatic heterocycles. The minimum absolute atomic E-state index is 0.0857. The Kier molecular flexibility index (Phi) is 15.5. The Labute approximate surface area is 368 Å². The van der Waals surface area contributed by atoms with Crippen LogP contribution in [0.2, 0.25) is 10.1 Å². The number of carbonyl (C=O) groups excluding carboxylic acids is 1. The summed E-state index contributed by atoms with van der Waals surface area (Å²) < 4.78 is 43.1. The van der Waals surface area contributed by atoms with Gasteiger partial charge in [-0.2, -0.15) is 0 Å². The molecule has 0 unspecified atom stereocenters. The number of carbonyl (C=O) groups is 1. The van der Waals surface area contributed by atoms with Crippen LogP contribution in [0.3, 0.4) is 0 Å². The fraction of sp³-hybridized carbons (Fsp3) is 0.453. The second-order valence-electron chi connectivity index (χ2n) is 19.1. The van der Waals surface area contributed by atoms with Crippen LogP contribution in [0.1, 0.15) is 99.8 Å². The smallest absolute Gasteiger partial charge is 0.305 e. The first-order chi connectivity index (χ1) is 29.2. The van der Waals surface area contributed by atoms with Crippen LogP contribution in [-0.2, 0) is 23.1 Å². The average Bonchev–Trinajstić information content (AvgIpc) is 3.82. The number of hydrogen-bond donors (Lipinski definition) is 0. The molecule has 1 heterocycles. The maximum Gasteiger partial charge on any atom is 0.305 e. The Morgan fingerprint density at radius 1 is 0.738 bits per heavy atom. The van der Waals surface area contributed by atoms with Crippen LogP contribution >= 0.6 is 0 Å². The molecule has 1 aliphatic heterocycles. The van der Waals surface area contributed by atoms with Crippen LogP contribution in [-0.4, -0.2) is 54.2 Å². The number of hydrogen-bond acceptors (Lipinski definition) is 5. The molecule has 1 aliphatic carbocycles. The van der Waals surface area contributed by atoms with Crippen molar-refractivity contribution in [3.8, 4) is 0 Å². The summed E-state index contributed by atoms with van der Waals surface area (Å²) in [7, 11) is -4.48. The van der Waals surface area contributed by atoms with Crippen molar-refractivity contribution in [3.05, 3.63) is 145 Å². The maximum atomic E-state index is 16.0. The summed E-state index contributed by atoms with van der Waals surface area (Å²) in [6.45, 7) is 16.2. The molecule has 0 bridgehead atoms. The lowest BCUT2D eigenvalue weighted by molar-refractivity contribution is -0.140. The SMILES string of the molecule is CCCCC[C@@H](/C=C/[C@@H]1[C@H]2C=C([C@@H](F)CCCC(=O)OC)O[C@H]2C[C@H]1O[Si](c1ccccc1)(c1ccccc1)C(C)(C)C)O[Si](c1ccccc1)(c1ccccc1)C(C)(C)C. The molecule has 0 amide bonds. The third-order valence-corrected chi connectivity index (χ3v) is 23.0. The number of ether oxygens (including phenoxy) is 2. The van der Waals surface area contributed by atoms with Crippen molar-refractivity contribution < 1.29 is 27.5 Å².